The Bertz CT molecular complexity index is 1130. The van der Waals surface area contributed by atoms with Gasteiger partial charge >= 0.3 is 6.03 Å². The molecule has 0 fully saturated rings. The number of rotatable bonds is 8. The van der Waals surface area contributed by atoms with Gasteiger partial charge in [0.15, 0.2) is 0 Å². The number of hydrogen-bond acceptors (Lipinski definition) is 4. The number of aromatic nitrogens is 2. The SMILES string of the molecule is Cc1ccc(-n2cc(-c3ccccc3)nc2NC(=O)CN(CCN(C)C)C(=O)NC(C)(C)C)cc1. The van der Waals surface area contributed by atoms with Crippen LogP contribution in [0.4, 0.5) is 10.7 Å². The third-order valence-electron chi connectivity index (χ3n) is 5.26. The lowest BCUT2D eigenvalue weighted by Gasteiger charge is -2.29. The zero-order chi connectivity index (χ0) is 25.6. The largest absolute Gasteiger partial charge is 0.333 e. The molecule has 35 heavy (non-hydrogen) atoms. The van der Waals surface area contributed by atoms with Gasteiger partial charge in [-0.3, -0.25) is 14.7 Å². The molecule has 8 heteroatoms. The Morgan fingerprint density at radius 2 is 1.63 bits per heavy atom. The van der Waals surface area contributed by atoms with Crippen molar-refractivity contribution in [2.75, 3.05) is 39.0 Å². The summed E-state index contributed by atoms with van der Waals surface area (Å²) in [6.45, 7) is 8.75. The lowest BCUT2D eigenvalue weighted by Crippen LogP contribution is -2.51. The molecule has 1 heterocycles. The third kappa shape index (κ3) is 7.68. The Morgan fingerprint density at radius 1 is 0.971 bits per heavy atom. The van der Waals surface area contributed by atoms with Crippen molar-refractivity contribution in [1.29, 1.82) is 0 Å². The number of carbonyl (C=O) groups excluding carboxylic acids is 2. The molecule has 8 nitrogen and oxygen atoms in total. The van der Waals surface area contributed by atoms with Crippen LogP contribution in [0.1, 0.15) is 26.3 Å². The van der Waals surface area contributed by atoms with Crippen LogP contribution in [0.2, 0.25) is 0 Å². The highest BCUT2D eigenvalue weighted by Crippen LogP contribution is 2.24. The van der Waals surface area contributed by atoms with Crippen LogP contribution in [-0.4, -0.2) is 70.6 Å². The first kappa shape index (κ1) is 26.0. The van der Waals surface area contributed by atoms with Crippen molar-refractivity contribution in [3.63, 3.8) is 0 Å². The number of benzene rings is 2. The second-order valence-corrected chi connectivity index (χ2v) is 9.97. The van der Waals surface area contributed by atoms with Gasteiger partial charge in [-0.2, -0.15) is 0 Å². The lowest BCUT2D eigenvalue weighted by molar-refractivity contribution is -0.116. The first-order valence-electron chi connectivity index (χ1n) is 11.8. The number of urea groups is 1. The topological polar surface area (TPSA) is 82.5 Å². The van der Waals surface area contributed by atoms with E-state index in [4.69, 9.17) is 4.98 Å². The average molecular weight is 477 g/mol. The van der Waals surface area contributed by atoms with Crippen molar-refractivity contribution in [2.45, 2.75) is 33.2 Å². The maximum atomic E-state index is 13.1. The van der Waals surface area contributed by atoms with Gasteiger partial charge in [0.1, 0.15) is 6.54 Å². The highest BCUT2D eigenvalue weighted by atomic mass is 16.2. The van der Waals surface area contributed by atoms with Crippen LogP contribution < -0.4 is 10.6 Å². The molecule has 0 aliphatic rings. The van der Waals surface area contributed by atoms with E-state index >= 15 is 0 Å². The van der Waals surface area contributed by atoms with Gasteiger partial charge in [-0.1, -0.05) is 48.0 Å². The van der Waals surface area contributed by atoms with E-state index < -0.39 is 5.54 Å². The lowest BCUT2D eigenvalue weighted by atomic mass is 10.1. The summed E-state index contributed by atoms with van der Waals surface area (Å²) in [5.41, 5.74) is 3.32. The Hall–Kier alpha value is -3.65. The van der Waals surface area contributed by atoms with E-state index in [0.717, 1.165) is 22.5 Å². The molecule has 0 aliphatic carbocycles. The van der Waals surface area contributed by atoms with E-state index in [1.54, 1.807) is 0 Å². The molecule has 186 valence electrons. The van der Waals surface area contributed by atoms with Crippen LogP contribution >= 0.6 is 0 Å². The maximum absolute atomic E-state index is 13.1. The number of carbonyl (C=O) groups is 2. The number of aryl methyl sites for hydroxylation is 1. The fourth-order valence-electron chi connectivity index (χ4n) is 3.43. The first-order valence-corrected chi connectivity index (χ1v) is 11.8. The number of nitrogens with one attached hydrogen (secondary N) is 2. The quantitative estimate of drug-likeness (QED) is 0.512. The van der Waals surface area contributed by atoms with Gasteiger partial charge in [0.25, 0.3) is 0 Å². The highest BCUT2D eigenvalue weighted by molar-refractivity contribution is 5.93. The molecule has 2 aromatic carbocycles. The summed E-state index contributed by atoms with van der Waals surface area (Å²) in [6.07, 6.45) is 1.91. The fourth-order valence-corrected chi connectivity index (χ4v) is 3.43. The van der Waals surface area contributed by atoms with Gasteiger partial charge in [-0.25, -0.2) is 9.78 Å². The summed E-state index contributed by atoms with van der Waals surface area (Å²) < 4.78 is 1.86. The van der Waals surface area contributed by atoms with Crippen LogP contribution in [0.3, 0.4) is 0 Å². The number of amides is 3. The number of nitrogens with zero attached hydrogens (tertiary/aromatic N) is 4. The Labute approximate surface area is 208 Å². The first-order chi connectivity index (χ1) is 16.5. The van der Waals surface area contributed by atoms with E-state index in [-0.39, 0.29) is 18.5 Å². The minimum atomic E-state index is -0.407. The van der Waals surface area contributed by atoms with E-state index in [9.17, 15) is 9.59 Å². The second-order valence-electron chi connectivity index (χ2n) is 9.97. The van der Waals surface area contributed by atoms with Gasteiger partial charge in [-0.05, 0) is 53.9 Å². The summed E-state index contributed by atoms with van der Waals surface area (Å²) in [5.74, 6) is 0.0906. The molecule has 0 spiro atoms. The van der Waals surface area contributed by atoms with Gasteiger partial charge in [0.2, 0.25) is 11.9 Å². The minimum absolute atomic E-state index is 0.0861. The van der Waals surface area contributed by atoms with Crippen molar-refractivity contribution in [2.24, 2.45) is 0 Å². The summed E-state index contributed by atoms with van der Waals surface area (Å²) >= 11 is 0. The van der Waals surface area contributed by atoms with Crippen molar-refractivity contribution in [1.82, 2.24) is 24.7 Å². The van der Waals surface area contributed by atoms with Crippen molar-refractivity contribution < 1.29 is 9.59 Å². The van der Waals surface area contributed by atoms with Crippen LogP contribution in [0, 0.1) is 6.92 Å². The molecule has 0 saturated heterocycles. The Balaban J connectivity index is 1.86. The predicted octanol–water partition coefficient (Wildman–Crippen LogP) is 4.16. The molecule has 3 amide bonds. The monoisotopic (exact) mass is 476 g/mol. The molecular weight excluding hydrogens is 440 g/mol. The molecule has 0 unspecified atom stereocenters. The molecule has 1 aromatic heterocycles. The maximum Gasteiger partial charge on any atom is 0.318 e. The molecule has 0 atom stereocenters. The second kappa shape index (κ2) is 11.2. The van der Waals surface area contributed by atoms with E-state index in [1.165, 1.54) is 4.90 Å². The number of likely N-dealkylation sites (N-methyl/N-ethyl adjacent to an activating group) is 1. The molecule has 0 aliphatic heterocycles. The van der Waals surface area contributed by atoms with E-state index in [2.05, 4.69) is 10.6 Å². The minimum Gasteiger partial charge on any atom is -0.333 e. The van der Waals surface area contributed by atoms with Crippen LogP contribution in [0.25, 0.3) is 16.9 Å². The van der Waals surface area contributed by atoms with E-state index in [0.29, 0.717) is 19.0 Å². The normalized spacial score (nSPS) is 11.4. The van der Waals surface area contributed by atoms with E-state index in [1.807, 2.05) is 112 Å². The zero-order valence-corrected chi connectivity index (χ0v) is 21.5. The van der Waals surface area contributed by atoms with Crippen LogP contribution in [-0.2, 0) is 4.79 Å². The smallest absolute Gasteiger partial charge is 0.318 e. The molecule has 0 saturated carbocycles. The molecule has 3 rings (SSSR count). The van der Waals surface area contributed by atoms with Gasteiger partial charge in [0.05, 0.1) is 5.69 Å². The van der Waals surface area contributed by atoms with Gasteiger partial charge in [-0.15, -0.1) is 0 Å². The van der Waals surface area contributed by atoms with Crippen molar-refractivity contribution >= 4 is 17.9 Å². The number of hydrogen-bond donors (Lipinski definition) is 2. The summed E-state index contributed by atoms with van der Waals surface area (Å²) in [7, 11) is 3.87. The van der Waals surface area contributed by atoms with Crippen molar-refractivity contribution in [3.8, 4) is 16.9 Å². The molecule has 0 radical (unpaired) electrons. The third-order valence-corrected chi connectivity index (χ3v) is 5.26. The van der Waals surface area contributed by atoms with Crippen LogP contribution in [0.15, 0.2) is 60.8 Å². The van der Waals surface area contributed by atoms with Gasteiger partial charge in [0, 0.05) is 36.1 Å². The average Bonchev–Trinajstić information content (AvgIpc) is 3.20. The molecule has 3 aromatic rings. The summed E-state index contributed by atoms with van der Waals surface area (Å²) in [6, 6.07) is 17.6. The molecular formula is C27H36N6O2. The van der Waals surface area contributed by atoms with Gasteiger partial charge < -0.3 is 15.1 Å². The molecule has 2 N–H and O–H groups in total. The molecule has 0 bridgehead atoms. The summed E-state index contributed by atoms with van der Waals surface area (Å²) in [4.78, 5) is 34.2. The Kier molecular flexibility index (Phi) is 8.30. The Morgan fingerprint density at radius 3 is 2.23 bits per heavy atom. The van der Waals surface area contributed by atoms with Crippen molar-refractivity contribution in [3.05, 3.63) is 66.4 Å². The van der Waals surface area contributed by atoms with Crippen LogP contribution in [0.5, 0.6) is 0 Å². The fraction of sp³-hybridized carbons (Fsp3) is 0.370. The zero-order valence-electron chi connectivity index (χ0n) is 21.5. The highest BCUT2D eigenvalue weighted by Gasteiger charge is 2.23. The number of anilines is 1. The predicted molar refractivity (Wildman–Crippen MR) is 141 cm³/mol. The summed E-state index contributed by atoms with van der Waals surface area (Å²) in [5, 5.41) is 5.88. The number of imidazole rings is 1. The standard InChI is InChI=1S/C27H36N6O2/c1-20-12-14-22(15-13-20)33-18-23(21-10-8-7-9-11-21)28-25(33)29-24(34)19-32(17-16-31(5)6)26(35)30-27(2,3)4/h7-15,18H,16-17,19H2,1-6H3,(H,30,35)(H,28,29,34).